The standard InChI is InChI=1S/C25H21N3O6/c29-17-12-10-16(11-13-17)21(24(32)33)27-22(30)20(14-15-6-2-1-3-7-15)28-23(31)18-8-4-5-9-19(18)26-25(28)34/h1-13,20-21,29H,14H2,(H,26,34)(H,27,30)(H,32,33)/t20-,21+/m0/s1. The molecule has 0 bridgehead atoms. The quantitative estimate of drug-likeness (QED) is 0.334. The Hall–Kier alpha value is -4.66. The molecular weight excluding hydrogens is 438 g/mol. The van der Waals surface area contributed by atoms with Crippen molar-refractivity contribution in [3.63, 3.8) is 0 Å². The monoisotopic (exact) mass is 459 g/mol. The molecule has 0 aliphatic rings. The minimum Gasteiger partial charge on any atom is -0.508 e. The molecule has 1 amide bonds. The van der Waals surface area contributed by atoms with Gasteiger partial charge >= 0.3 is 11.7 Å². The molecule has 0 aliphatic heterocycles. The highest BCUT2D eigenvalue weighted by Crippen LogP contribution is 2.20. The molecule has 4 aromatic rings. The van der Waals surface area contributed by atoms with Gasteiger partial charge in [-0.25, -0.2) is 14.2 Å². The van der Waals surface area contributed by atoms with Gasteiger partial charge in [-0.05, 0) is 35.4 Å². The van der Waals surface area contributed by atoms with Crippen LogP contribution >= 0.6 is 0 Å². The Kier molecular flexibility index (Phi) is 6.26. The lowest BCUT2D eigenvalue weighted by atomic mass is 10.0. The van der Waals surface area contributed by atoms with Gasteiger partial charge in [-0.15, -0.1) is 0 Å². The maximum atomic E-state index is 13.4. The molecule has 4 rings (SSSR count). The number of aromatic amines is 1. The number of carbonyl (C=O) groups is 2. The van der Waals surface area contributed by atoms with E-state index in [0.717, 1.165) is 4.57 Å². The number of carboxylic acids is 1. The largest absolute Gasteiger partial charge is 0.508 e. The molecule has 172 valence electrons. The van der Waals surface area contributed by atoms with Crippen molar-refractivity contribution in [1.82, 2.24) is 14.9 Å². The van der Waals surface area contributed by atoms with E-state index in [-0.39, 0.29) is 23.1 Å². The van der Waals surface area contributed by atoms with E-state index in [1.165, 1.54) is 30.3 Å². The van der Waals surface area contributed by atoms with E-state index in [2.05, 4.69) is 10.3 Å². The number of nitrogens with zero attached hydrogens (tertiary/aromatic N) is 1. The van der Waals surface area contributed by atoms with Crippen LogP contribution < -0.4 is 16.6 Å². The number of para-hydroxylation sites is 1. The van der Waals surface area contributed by atoms with E-state index in [1.54, 1.807) is 48.5 Å². The Balaban J connectivity index is 1.79. The van der Waals surface area contributed by atoms with Crippen LogP contribution in [0.4, 0.5) is 0 Å². The summed E-state index contributed by atoms with van der Waals surface area (Å²) in [7, 11) is 0. The molecule has 9 nitrogen and oxygen atoms in total. The van der Waals surface area contributed by atoms with Crippen LogP contribution in [0.1, 0.15) is 23.2 Å². The van der Waals surface area contributed by atoms with Crippen LogP contribution in [-0.4, -0.2) is 31.6 Å². The zero-order chi connectivity index (χ0) is 24.2. The minimum absolute atomic E-state index is 0.0179. The van der Waals surface area contributed by atoms with Crippen LogP contribution in [0.15, 0.2) is 88.5 Å². The molecule has 3 aromatic carbocycles. The van der Waals surface area contributed by atoms with Crippen molar-refractivity contribution in [2.45, 2.75) is 18.5 Å². The Morgan fingerprint density at radius 1 is 0.912 bits per heavy atom. The highest BCUT2D eigenvalue weighted by molar-refractivity contribution is 5.87. The molecule has 34 heavy (non-hydrogen) atoms. The summed E-state index contributed by atoms with van der Waals surface area (Å²) < 4.78 is 0.820. The highest BCUT2D eigenvalue weighted by Gasteiger charge is 2.30. The fourth-order valence-electron chi connectivity index (χ4n) is 3.79. The fraction of sp³-hybridized carbons (Fsp3) is 0.120. The number of H-pyrrole nitrogens is 1. The number of carbonyl (C=O) groups excluding carboxylic acids is 1. The number of aromatic hydroxyl groups is 1. The third kappa shape index (κ3) is 4.58. The first-order valence-electron chi connectivity index (χ1n) is 10.4. The van der Waals surface area contributed by atoms with Gasteiger partial charge in [-0.3, -0.25) is 9.59 Å². The molecular formula is C25H21N3O6. The molecule has 0 aliphatic carbocycles. The first-order chi connectivity index (χ1) is 16.3. The van der Waals surface area contributed by atoms with Gasteiger partial charge in [0.15, 0.2) is 6.04 Å². The van der Waals surface area contributed by atoms with Crippen LogP contribution in [0.5, 0.6) is 5.75 Å². The number of phenols is 1. The number of amides is 1. The second-order valence-corrected chi connectivity index (χ2v) is 7.73. The van der Waals surface area contributed by atoms with Crippen molar-refractivity contribution in [2.75, 3.05) is 0 Å². The molecule has 0 saturated heterocycles. The maximum Gasteiger partial charge on any atom is 0.330 e. The number of rotatable bonds is 7. The molecule has 4 N–H and O–H groups in total. The zero-order valence-corrected chi connectivity index (χ0v) is 17.8. The topological polar surface area (TPSA) is 141 Å². The zero-order valence-electron chi connectivity index (χ0n) is 17.8. The lowest BCUT2D eigenvalue weighted by molar-refractivity contribution is -0.142. The van der Waals surface area contributed by atoms with Crippen molar-refractivity contribution >= 4 is 22.8 Å². The summed E-state index contributed by atoms with van der Waals surface area (Å²) in [4.78, 5) is 54.1. The summed E-state index contributed by atoms with van der Waals surface area (Å²) in [6.07, 6.45) is -0.0179. The number of phenolic OH excluding ortho intramolecular Hbond substituents is 1. The van der Waals surface area contributed by atoms with E-state index >= 15 is 0 Å². The Labute approximate surface area is 192 Å². The van der Waals surface area contributed by atoms with Crippen LogP contribution in [0.25, 0.3) is 10.9 Å². The van der Waals surface area contributed by atoms with E-state index < -0.39 is 35.2 Å². The summed E-state index contributed by atoms with van der Waals surface area (Å²) >= 11 is 0. The molecule has 2 atom stereocenters. The maximum absolute atomic E-state index is 13.4. The number of aromatic nitrogens is 2. The molecule has 1 aromatic heterocycles. The van der Waals surface area contributed by atoms with E-state index in [4.69, 9.17) is 0 Å². The van der Waals surface area contributed by atoms with Crippen LogP contribution in [0.3, 0.4) is 0 Å². The van der Waals surface area contributed by atoms with Gasteiger partial charge in [0.2, 0.25) is 5.91 Å². The molecule has 0 saturated carbocycles. The van der Waals surface area contributed by atoms with Crippen LogP contribution in [0.2, 0.25) is 0 Å². The number of benzene rings is 3. The van der Waals surface area contributed by atoms with Crippen molar-refractivity contribution < 1.29 is 19.8 Å². The molecule has 0 unspecified atom stereocenters. The van der Waals surface area contributed by atoms with Gasteiger partial charge < -0.3 is 20.5 Å². The molecule has 1 heterocycles. The van der Waals surface area contributed by atoms with E-state index in [0.29, 0.717) is 11.1 Å². The summed E-state index contributed by atoms with van der Waals surface area (Å²) in [5.74, 6) is -2.21. The first-order valence-corrected chi connectivity index (χ1v) is 10.4. The van der Waals surface area contributed by atoms with Crippen molar-refractivity contribution in [3.05, 3.63) is 111 Å². The SMILES string of the molecule is O=C(O)[C@H](NC(=O)[C@H](Cc1ccccc1)n1c(=O)[nH]c2ccccc2c1=O)c1ccc(O)cc1. The van der Waals surface area contributed by atoms with Crippen molar-refractivity contribution in [1.29, 1.82) is 0 Å². The van der Waals surface area contributed by atoms with Gasteiger partial charge in [0, 0.05) is 6.42 Å². The van der Waals surface area contributed by atoms with Crippen LogP contribution in [0, 0.1) is 0 Å². The van der Waals surface area contributed by atoms with Crippen molar-refractivity contribution in [3.8, 4) is 5.75 Å². The van der Waals surface area contributed by atoms with Crippen molar-refractivity contribution in [2.24, 2.45) is 0 Å². The Bertz CT molecular complexity index is 1460. The predicted octanol–water partition coefficient (Wildman–Crippen LogP) is 2.12. The second-order valence-electron chi connectivity index (χ2n) is 7.73. The lowest BCUT2D eigenvalue weighted by Gasteiger charge is -2.22. The summed E-state index contributed by atoms with van der Waals surface area (Å²) in [5.41, 5.74) is -0.209. The Morgan fingerprint density at radius 3 is 2.24 bits per heavy atom. The average Bonchev–Trinajstić information content (AvgIpc) is 2.83. The first kappa shape index (κ1) is 22.5. The molecule has 9 heteroatoms. The highest BCUT2D eigenvalue weighted by atomic mass is 16.4. The van der Waals surface area contributed by atoms with Gasteiger partial charge in [-0.2, -0.15) is 0 Å². The molecule has 0 fully saturated rings. The van der Waals surface area contributed by atoms with Gasteiger partial charge in [0.25, 0.3) is 5.56 Å². The normalized spacial score (nSPS) is 12.7. The fourth-order valence-corrected chi connectivity index (χ4v) is 3.79. The second kappa shape index (κ2) is 9.45. The number of carboxylic acid groups (broad SMARTS) is 1. The molecule has 0 radical (unpaired) electrons. The predicted molar refractivity (Wildman–Crippen MR) is 125 cm³/mol. The number of hydrogen-bond acceptors (Lipinski definition) is 5. The number of nitrogens with one attached hydrogen (secondary N) is 2. The minimum atomic E-state index is -1.46. The summed E-state index contributed by atoms with van der Waals surface area (Å²) in [6.45, 7) is 0. The number of fused-ring (bicyclic) bond motifs is 1. The third-order valence-electron chi connectivity index (χ3n) is 5.48. The number of aliphatic carboxylic acids is 1. The van der Waals surface area contributed by atoms with Gasteiger partial charge in [-0.1, -0.05) is 54.6 Å². The van der Waals surface area contributed by atoms with E-state index in [9.17, 15) is 29.4 Å². The van der Waals surface area contributed by atoms with Gasteiger partial charge in [0.1, 0.15) is 11.8 Å². The smallest absolute Gasteiger partial charge is 0.330 e. The Morgan fingerprint density at radius 2 is 1.56 bits per heavy atom. The van der Waals surface area contributed by atoms with Crippen LogP contribution in [-0.2, 0) is 16.0 Å². The van der Waals surface area contributed by atoms with E-state index in [1.807, 2.05) is 0 Å². The third-order valence-corrected chi connectivity index (χ3v) is 5.48. The lowest BCUT2D eigenvalue weighted by Crippen LogP contribution is -2.47. The average molecular weight is 459 g/mol. The summed E-state index contributed by atoms with van der Waals surface area (Å²) in [5, 5.41) is 21.9. The van der Waals surface area contributed by atoms with Gasteiger partial charge in [0.05, 0.1) is 10.9 Å². The summed E-state index contributed by atoms with van der Waals surface area (Å²) in [6, 6.07) is 17.8. The molecule has 0 spiro atoms. The number of hydrogen-bond donors (Lipinski definition) is 4.